The predicted molar refractivity (Wildman–Crippen MR) is 137 cm³/mol. The molecular formula is C28H34N2O8. The van der Waals surface area contributed by atoms with Gasteiger partial charge in [0.15, 0.2) is 5.78 Å². The second-order valence-electron chi connectivity index (χ2n) is 9.77. The standard InChI is InChI=1S/C28H34N2O8/c31-19(15-29-7-11-35-12-8-29)17-37-23-5-1-3-21-25(23)28(34)26-22(27(21)33)4-2-6-24(26)38-18-20(32)16-30-9-13-36-14-10-30/h1-6,19-20,31-32H,7-18H2. The third-order valence-electron chi connectivity index (χ3n) is 7.00. The maximum Gasteiger partial charge on any atom is 0.201 e. The highest BCUT2D eigenvalue weighted by Crippen LogP contribution is 2.37. The molecular weight excluding hydrogens is 492 g/mol. The predicted octanol–water partition coefficient (Wildman–Crippen LogP) is 0.606. The van der Waals surface area contributed by atoms with E-state index in [4.69, 9.17) is 18.9 Å². The van der Waals surface area contributed by atoms with Crippen molar-refractivity contribution in [1.82, 2.24) is 9.80 Å². The number of rotatable bonds is 10. The van der Waals surface area contributed by atoms with E-state index in [-0.39, 0.29) is 58.5 Å². The number of carbonyl (C=O) groups excluding carboxylic acids is 2. The molecule has 1 aliphatic carbocycles. The molecule has 3 aliphatic rings. The minimum absolute atomic E-state index is 0.0198. The number of aliphatic hydroxyl groups excluding tert-OH is 2. The largest absolute Gasteiger partial charge is 0.490 e. The highest BCUT2D eigenvalue weighted by molar-refractivity contribution is 6.30. The quantitative estimate of drug-likeness (QED) is 0.389. The lowest BCUT2D eigenvalue weighted by atomic mass is 9.83. The van der Waals surface area contributed by atoms with Crippen LogP contribution in [0.15, 0.2) is 36.4 Å². The lowest BCUT2D eigenvalue weighted by Gasteiger charge is -2.29. The van der Waals surface area contributed by atoms with Gasteiger partial charge in [-0.15, -0.1) is 0 Å². The molecule has 2 fully saturated rings. The number of benzene rings is 2. The van der Waals surface area contributed by atoms with Gasteiger partial charge >= 0.3 is 0 Å². The van der Waals surface area contributed by atoms with Crippen LogP contribution in [0.5, 0.6) is 11.5 Å². The zero-order valence-electron chi connectivity index (χ0n) is 21.3. The lowest BCUT2D eigenvalue weighted by molar-refractivity contribution is 0.00456. The SMILES string of the molecule is O=C1c2cccc(OCC(O)CN3CCOCC3)c2C(=O)c2c(OCC(O)CN3CCOCC3)cccc21. The van der Waals surface area contributed by atoms with Gasteiger partial charge in [-0.1, -0.05) is 24.3 Å². The molecule has 0 spiro atoms. The summed E-state index contributed by atoms with van der Waals surface area (Å²) in [6.07, 6.45) is -1.53. The van der Waals surface area contributed by atoms with E-state index in [2.05, 4.69) is 9.80 Å². The van der Waals surface area contributed by atoms with E-state index < -0.39 is 12.2 Å². The number of hydrogen-bond donors (Lipinski definition) is 2. The molecule has 2 unspecified atom stereocenters. The molecule has 10 nitrogen and oxygen atoms in total. The molecule has 2 N–H and O–H groups in total. The van der Waals surface area contributed by atoms with E-state index in [0.717, 1.165) is 26.2 Å². The molecule has 0 radical (unpaired) electrons. The topological polar surface area (TPSA) is 118 Å². The average molecular weight is 527 g/mol. The van der Waals surface area contributed by atoms with Crippen LogP contribution >= 0.6 is 0 Å². The van der Waals surface area contributed by atoms with E-state index in [9.17, 15) is 19.8 Å². The highest BCUT2D eigenvalue weighted by atomic mass is 16.5. The molecule has 2 aromatic carbocycles. The minimum Gasteiger partial charge on any atom is -0.490 e. The molecule has 0 amide bonds. The summed E-state index contributed by atoms with van der Waals surface area (Å²) in [6.45, 7) is 6.30. The Morgan fingerprint density at radius 3 is 1.53 bits per heavy atom. The summed E-state index contributed by atoms with van der Waals surface area (Å²) in [4.78, 5) is 31.3. The number of hydrogen-bond acceptors (Lipinski definition) is 10. The molecule has 2 saturated heterocycles. The summed E-state index contributed by atoms with van der Waals surface area (Å²) in [7, 11) is 0. The van der Waals surface area contributed by atoms with E-state index in [1.807, 2.05) is 0 Å². The van der Waals surface area contributed by atoms with E-state index in [1.165, 1.54) is 0 Å². The van der Waals surface area contributed by atoms with Crippen molar-refractivity contribution in [3.63, 3.8) is 0 Å². The van der Waals surface area contributed by atoms with Gasteiger partial charge < -0.3 is 29.2 Å². The van der Waals surface area contributed by atoms with Crippen molar-refractivity contribution < 1.29 is 38.7 Å². The Morgan fingerprint density at radius 2 is 1.11 bits per heavy atom. The highest BCUT2D eigenvalue weighted by Gasteiger charge is 2.35. The van der Waals surface area contributed by atoms with Crippen molar-refractivity contribution in [2.45, 2.75) is 12.2 Å². The molecule has 0 bridgehead atoms. The van der Waals surface area contributed by atoms with Gasteiger partial charge in [0.05, 0.1) is 37.6 Å². The van der Waals surface area contributed by atoms with E-state index in [1.54, 1.807) is 36.4 Å². The summed E-state index contributed by atoms with van der Waals surface area (Å²) >= 11 is 0. The van der Waals surface area contributed by atoms with Gasteiger partial charge in [-0.3, -0.25) is 19.4 Å². The second-order valence-corrected chi connectivity index (χ2v) is 9.77. The smallest absolute Gasteiger partial charge is 0.201 e. The van der Waals surface area contributed by atoms with Gasteiger partial charge in [-0.2, -0.15) is 0 Å². The molecule has 2 heterocycles. The van der Waals surface area contributed by atoms with Gasteiger partial charge in [-0.05, 0) is 12.1 Å². The molecule has 2 aliphatic heterocycles. The monoisotopic (exact) mass is 526 g/mol. The molecule has 10 heteroatoms. The van der Waals surface area contributed by atoms with Gasteiger partial charge in [-0.25, -0.2) is 0 Å². The van der Waals surface area contributed by atoms with E-state index >= 15 is 0 Å². The maximum atomic E-state index is 13.7. The molecule has 38 heavy (non-hydrogen) atoms. The number of β-amino-alcohol motifs (C(OH)–C–C–N with tert-alkyl or cyclic N) is 2. The van der Waals surface area contributed by atoms with Crippen LogP contribution in [-0.2, 0) is 9.47 Å². The fourth-order valence-electron chi connectivity index (χ4n) is 5.06. The second kappa shape index (κ2) is 12.3. The van der Waals surface area contributed by atoms with Crippen LogP contribution in [0.4, 0.5) is 0 Å². The van der Waals surface area contributed by atoms with Crippen LogP contribution in [0.1, 0.15) is 31.8 Å². The Hall–Kier alpha value is -2.86. The Labute approximate surface area is 221 Å². The van der Waals surface area contributed by atoms with Crippen molar-refractivity contribution in [2.75, 3.05) is 78.9 Å². The number of nitrogens with zero attached hydrogens (tertiary/aromatic N) is 2. The molecule has 2 aromatic rings. The van der Waals surface area contributed by atoms with Crippen LogP contribution in [0.3, 0.4) is 0 Å². The van der Waals surface area contributed by atoms with Gasteiger partial charge in [0, 0.05) is 50.4 Å². The Balaban J connectivity index is 1.29. The summed E-state index contributed by atoms with van der Waals surface area (Å²) in [5.41, 5.74) is 0.835. The number of ketones is 2. The zero-order valence-corrected chi connectivity index (χ0v) is 21.3. The van der Waals surface area contributed by atoms with Crippen molar-refractivity contribution in [3.8, 4) is 11.5 Å². The van der Waals surface area contributed by atoms with Gasteiger partial charge in [0.2, 0.25) is 5.78 Å². The first-order valence-electron chi connectivity index (χ1n) is 13.1. The average Bonchev–Trinajstić information content (AvgIpc) is 2.94. The van der Waals surface area contributed by atoms with Crippen LogP contribution in [-0.4, -0.2) is 123 Å². The number of aliphatic hydroxyl groups is 2. The van der Waals surface area contributed by atoms with Gasteiger partial charge in [0.1, 0.15) is 36.9 Å². The van der Waals surface area contributed by atoms with Crippen LogP contribution in [0.25, 0.3) is 0 Å². The number of fused-ring (bicyclic) bond motifs is 2. The Bertz CT molecular complexity index is 1060. The zero-order chi connectivity index (χ0) is 26.5. The Morgan fingerprint density at radius 1 is 0.684 bits per heavy atom. The minimum atomic E-state index is -0.766. The van der Waals surface area contributed by atoms with Crippen LogP contribution in [0.2, 0.25) is 0 Å². The van der Waals surface area contributed by atoms with Gasteiger partial charge in [0.25, 0.3) is 0 Å². The first kappa shape index (κ1) is 26.7. The summed E-state index contributed by atoms with van der Waals surface area (Å²) in [5.74, 6) is -0.191. The summed E-state index contributed by atoms with van der Waals surface area (Å²) in [6, 6.07) is 9.81. The third kappa shape index (κ3) is 6.06. The molecule has 5 rings (SSSR count). The van der Waals surface area contributed by atoms with Crippen LogP contribution in [0, 0.1) is 0 Å². The summed E-state index contributed by atoms with van der Waals surface area (Å²) < 4.78 is 22.5. The first-order valence-corrected chi connectivity index (χ1v) is 13.1. The van der Waals surface area contributed by atoms with E-state index in [0.29, 0.717) is 39.5 Å². The number of ether oxygens (including phenoxy) is 4. The first-order chi connectivity index (χ1) is 18.5. The van der Waals surface area contributed by atoms with Crippen LogP contribution < -0.4 is 9.47 Å². The van der Waals surface area contributed by atoms with Crippen molar-refractivity contribution in [2.24, 2.45) is 0 Å². The fraction of sp³-hybridized carbons (Fsp3) is 0.500. The molecule has 0 aromatic heterocycles. The fourth-order valence-corrected chi connectivity index (χ4v) is 5.06. The van der Waals surface area contributed by atoms with Crippen molar-refractivity contribution in [3.05, 3.63) is 58.7 Å². The number of carbonyl (C=O) groups is 2. The van der Waals surface area contributed by atoms with Crippen molar-refractivity contribution in [1.29, 1.82) is 0 Å². The molecule has 0 saturated carbocycles. The Kier molecular flexibility index (Phi) is 8.68. The molecule has 204 valence electrons. The number of morpholine rings is 2. The van der Waals surface area contributed by atoms with Crippen molar-refractivity contribution >= 4 is 11.6 Å². The lowest BCUT2D eigenvalue weighted by Crippen LogP contribution is -2.42. The normalized spacial score (nSPS) is 19.9. The molecule has 2 atom stereocenters. The third-order valence-corrected chi connectivity index (χ3v) is 7.00. The maximum absolute atomic E-state index is 13.7. The summed E-state index contributed by atoms with van der Waals surface area (Å²) in [5, 5.41) is 21.0.